The van der Waals surface area contributed by atoms with Gasteiger partial charge in [-0.2, -0.15) is 0 Å². The predicted octanol–water partition coefficient (Wildman–Crippen LogP) is 2.02. The number of halogens is 1. The summed E-state index contributed by atoms with van der Waals surface area (Å²) in [4.78, 5) is 10.5. The van der Waals surface area contributed by atoms with Crippen LogP contribution in [0.2, 0.25) is 0 Å². The Hall–Kier alpha value is -1.42. The highest BCUT2D eigenvalue weighted by atomic mass is 19.1. The Morgan fingerprint density at radius 3 is 2.80 bits per heavy atom. The molecule has 0 unspecified atom stereocenters. The van der Waals surface area contributed by atoms with Crippen LogP contribution in [0.25, 0.3) is 0 Å². The number of nitrogens with one attached hydrogen (secondary N) is 1. The van der Waals surface area contributed by atoms with Crippen molar-refractivity contribution < 1.29 is 14.3 Å². The summed E-state index contributed by atoms with van der Waals surface area (Å²) in [5.41, 5.74) is 0.472. The van der Waals surface area contributed by atoms with Gasteiger partial charge in [0.25, 0.3) is 0 Å². The minimum absolute atomic E-state index is 0.283. The van der Waals surface area contributed by atoms with Crippen LogP contribution >= 0.6 is 0 Å². The minimum atomic E-state index is -1.24. The SMILES string of the molecule is CCCNCc1ccc(C(=O)O)c(F)c1. The summed E-state index contributed by atoms with van der Waals surface area (Å²) in [6.07, 6.45) is 1.01. The van der Waals surface area contributed by atoms with Gasteiger partial charge in [-0.1, -0.05) is 13.0 Å². The summed E-state index contributed by atoms with van der Waals surface area (Å²) in [5.74, 6) is -1.92. The van der Waals surface area contributed by atoms with E-state index in [0.717, 1.165) is 18.5 Å². The molecule has 3 nitrogen and oxygen atoms in total. The van der Waals surface area contributed by atoms with E-state index >= 15 is 0 Å². The third kappa shape index (κ3) is 3.32. The molecule has 15 heavy (non-hydrogen) atoms. The van der Waals surface area contributed by atoms with Gasteiger partial charge in [0.1, 0.15) is 5.82 Å². The van der Waals surface area contributed by atoms with E-state index in [1.54, 1.807) is 6.07 Å². The predicted molar refractivity (Wildman–Crippen MR) is 55.4 cm³/mol. The summed E-state index contributed by atoms with van der Waals surface area (Å²) < 4.78 is 13.2. The summed E-state index contributed by atoms with van der Waals surface area (Å²) in [6.45, 7) is 3.47. The maximum Gasteiger partial charge on any atom is 0.338 e. The molecule has 0 aromatic heterocycles. The summed E-state index contributed by atoms with van der Waals surface area (Å²) in [6, 6.07) is 4.17. The fraction of sp³-hybridized carbons (Fsp3) is 0.364. The fourth-order valence-corrected chi connectivity index (χ4v) is 1.25. The first kappa shape index (κ1) is 11.7. The maximum absolute atomic E-state index is 13.2. The highest BCUT2D eigenvalue weighted by Gasteiger charge is 2.09. The summed E-state index contributed by atoms with van der Waals surface area (Å²) in [7, 11) is 0. The fourth-order valence-electron chi connectivity index (χ4n) is 1.25. The van der Waals surface area contributed by atoms with Crippen molar-refractivity contribution in [1.82, 2.24) is 5.32 Å². The molecule has 0 spiro atoms. The van der Waals surface area contributed by atoms with Crippen LogP contribution < -0.4 is 5.32 Å². The first-order chi connectivity index (χ1) is 7.15. The Labute approximate surface area is 87.9 Å². The Kier molecular flexibility index (Phi) is 4.24. The molecule has 82 valence electrons. The number of hydrogen-bond donors (Lipinski definition) is 2. The molecule has 0 bridgehead atoms. The number of carboxylic acid groups (broad SMARTS) is 1. The van der Waals surface area contributed by atoms with Gasteiger partial charge in [-0.3, -0.25) is 0 Å². The molecule has 0 amide bonds. The molecule has 0 aliphatic heterocycles. The second-order valence-electron chi connectivity index (χ2n) is 3.30. The molecule has 0 aliphatic rings. The molecule has 1 aromatic carbocycles. The molecule has 0 radical (unpaired) electrons. The number of carbonyl (C=O) groups is 1. The molecule has 0 saturated carbocycles. The van der Waals surface area contributed by atoms with Crippen LogP contribution in [0.4, 0.5) is 4.39 Å². The van der Waals surface area contributed by atoms with Crippen molar-refractivity contribution in [3.8, 4) is 0 Å². The van der Waals surface area contributed by atoms with Gasteiger partial charge in [0.2, 0.25) is 0 Å². The van der Waals surface area contributed by atoms with Crippen LogP contribution in [0.1, 0.15) is 29.3 Å². The van der Waals surface area contributed by atoms with Crippen LogP contribution in [0.3, 0.4) is 0 Å². The number of benzene rings is 1. The highest BCUT2D eigenvalue weighted by Crippen LogP contribution is 2.10. The van der Waals surface area contributed by atoms with Crippen molar-refractivity contribution in [1.29, 1.82) is 0 Å². The summed E-state index contributed by atoms with van der Waals surface area (Å²) in [5, 5.41) is 11.7. The van der Waals surface area contributed by atoms with Crippen molar-refractivity contribution in [2.45, 2.75) is 19.9 Å². The van der Waals surface area contributed by atoms with E-state index < -0.39 is 11.8 Å². The first-order valence-electron chi connectivity index (χ1n) is 4.87. The van der Waals surface area contributed by atoms with E-state index in [2.05, 4.69) is 5.32 Å². The largest absolute Gasteiger partial charge is 0.478 e. The van der Waals surface area contributed by atoms with E-state index in [9.17, 15) is 9.18 Å². The number of aromatic carboxylic acids is 1. The normalized spacial score (nSPS) is 10.3. The van der Waals surface area contributed by atoms with Crippen molar-refractivity contribution in [3.05, 3.63) is 35.1 Å². The van der Waals surface area contributed by atoms with E-state index in [1.165, 1.54) is 12.1 Å². The Balaban J connectivity index is 2.69. The number of hydrogen-bond acceptors (Lipinski definition) is 2. The van der Waals surface area contributed by atoms with Crippen molar-refractivity contribution in [3.63, 3.8) is 0 Å². The monoisotopic (exact) mass is 211 g/mol. The molecular formula is C11H14FNO2. The number of rotatable bonds is 5. The zero-order chi connectivity index (χ0) is 11.3. The molecule has 0 fully saturated rings. The highest BCUT2D eigenvalue weighted by molar-refractivity contribution is 5.87. The molecule has 1 aromatic rings. The van der Waals surface area contributed by atoms with Crippen LogP contribution in [0.15, 0.2) is 18.2 Å². The smallest absolute Gasteiger partial charge is 0.338 e. The van der Waals surface area contributed by atoms with Crippen molar-refractivity contribution in [2.24, 2.45) is 0 Å². The maximum atomic E-state index is 13.2. The van der Waals surface area contributed by atoms with Crippen LogP contribution in [-0.2, 0) is 6.54 Å². The quantitative estimate of drug-likeness (QED) is 0.732. The second-order valence-corrected chi connectivity index (χ2v) is 3.30. The lowest BCUT2D eigenvalue weighted by Crippen LogP contribution is -2.14. The van der Waals surface area contributed by atoms with Crippen LogP contribution in [0, 0.1) is 5.82 Å². The lowest BCUT2D eigenvalue weighted by Gasteiger charge is -2.04. The molecule has 0 saturated heterocycles. The van der Waals surface area contributed by atoms with Gasteiger partial charge >= 0.3 is 5.97 Å². The Morgan fingerprint density at radius 2 is 2.27 bits per heavy atom. The molecule has 2 N–H and O–H groups in total. The molecular weight excluding hydrogens is 197 g/mol. The van der Waals surface area contributed by atoms with E-state index in [1.807, 2.05) is 6.92 Å². The Bertz CT molecular complexity index is 352. The third-order valence-electron chi connectivity index (χ3n) is 2.02. The zero-order valence-electron chi connectivity index (χ0n) is 8.59. The zero-order valence-corrected chi connectivity index (χ0v) is 8.59. The average molecular weight is 211 g/mol. The van der Waals surface area contributed by atoms with E-state index in [4.69, 9.17) is 5.11 Å². The van der Waals surface area contributed by atoms with Crippen LogP contribution in [-0.4, -0.2) is 17.6 Å². The van der Waals surface area contributed by atoms with Gasteiger partial charge < -0.3 is 10.4 Å². The van der Waals surface area contributed by atoms with E-state index in [-0.39, 0.29) is 5.56 Å². The van der Waals surface area contributed by atoms with Gasteiger partial charge in [0.05, 0.1) is 5.56 Å². The van der Waals surface area contributed by atoms with Gasteiger partial charge in [-0.25, -0.2) is 9.18 Å². The van der Waals surface area contributed by atoms with E-state index in [0.29, 0.717) is 6.54 Å². The standard InChI is InChI=1S/C11H14FNO2/c1-2-5-13-7-8-3-4-9(11(14)15)10(12)6-8/h3-4,6,13H,2,5,7H2,1H3,(H,14,15). The molecule has 0 aliphatic carbocycles. The average Bonchev–Trinajstić information content (AvgIpc) is 2.17. The second kappa shape index (κ2) is 5.46. The topological polar surface area (TPSA) is 49.3 Å². The molecule has 1 rings (SSSR count). The van der Waals surface area contributed by atoms with Crippen molar-refractivity contribution in [2.75, 3.05) is 6.54 Å². The summed E-state index contributed by atoms with van der Waals surface area (Å²) >= 11 is 0. The molecule has 4 heteroatoms. The molecule has 0 heterocycles. The van der Waals surface area contributed by atoms with Gasteiger partial charge in [-0.15, -0.1) is 0 Å². The van der Waals surface area contributed by atoms with Crippen molar-refractivity contribution >= 4 is 5.97 Å². The lowest BCUT2D eigenvalue weighted by atomic mass is 10.1. The third-order valence-corrected chi connectivity index (χ3v) is 2.02. The van der Waals surface area contributed by atoms with Crippen LogP contribution in [0.5, 0.6) is 0 Å². The Morgan fingerprint density at radius 1 is 1.53 bits per heavy atom. The molecule has 0 atom stereocenters. The number of carboxylic acids is 1. The first-order valence-corrected chi connectivity index (χ1v) is 4.87. The lowest BCUT2D eigenvalue weighted by molar-refractivity contribution is 0.0692. The van der Waals surface area contributed by atoms with Gasteiger partial charge in [-0.05, 0) is 30.7 Å². The van der Waals surface area contributed by atoms with Gasteiger partial charge in [0.15, 0.2) is 0 Å². The van der Waals surface area contributed by atoms with Gasteiger partial charge in [0, 0.05) is 6.54 Å². The minimum Gasteiger partial charge on any atom is -0.478 e.